The van der Waals surface area contributed by atoms with Gasteiger partial charge in [-0.1, -0.05) is 142 Å². The lowest BCUT2D eigenvalue weighted by atomic mass is 9.75. The zero-order chi connectivity index (χ0) is 29.9. The van der Waals surface area contributed by atoms with Gasteiger partial charge in [-0.25, -0.2) is 0 Å². The van der Waals surface area contributed by atoms with Gasteiger partial charge in [0.05, 0.1) is 12.5 Å². The molecule has 0 N–H and O–H groups in total. The first-order chi connectivity index (χ1) is 19.3. The Labute approximate surface area is 252 Å². The predicted molar refractivity (Wildman–Crippen MR) is 179 cm³/mol. The van der Waals surface area contributed by atoms with E-state index in [0.29, 0.717) is 12.0 Å². The second-order valence-electron chi connectivity index (χ2n) is 13.2. The lowest BCUT2D eigenvalue weighted by molar-refractivity contribution is -0.149. The Morgan fingerprint density at radius 1 is 0.575 bits per heavy atom. The van der Waals surface area contributed by atoms with E-state index in [1.54, 1.807) is 0 Å². The molecular weight excluding hydrogens is 488 g/mol. The number of ether oxygens (including phenoxy) is 1. The van der Waals surface area contributed by atoms with Gasteiger partial charge in [-0.15, -0.1) is 0 Å². The minimum atomic E-state index is 0.0593. The molecule has 0 aliphatic rings. The molecule has 0 aromatic rings. The molecule has 0 aliphatic carbocycles. The summed E-state index contributed by atoms with van der Waals surface area (Å²) < 4.78 is 5.70. The summed E-state index contributed by atoms with van der Waals surface area (Å²) in [5.41, 5.74) is 3.30. The van der Waals surface area contributed by atoms with Crippen LogP contribution in [0.3, 0.4) is 0 Å². The Hall–Kier alpha value is -1.05. The van der Waals surface area contributed by atoms with Crippen LogP contribution in [0.5, 0.6) is 0 Å². The predicted octanol–water partition coefficient (Wildman–Crippen LogP) is 13.1. The molecule has 0 amide bonds. The number of rotatable bonds is 30. The maximum atomic E-state index is 12.6. The fourth-order valence-electron chi connectivity index (χ4n) is 5.93. The first-order valence-corrected chi connectivity index (χ1v) is 17.8. The largest absolute Gasteiger partial charge is 0.465 e. The molecule has 0 aromatic heterocycles. The fourth-order valence-corrected chi connectivity index (χ4v) is 5.93. The number of carbonyl (C=O) groups excluding carboxylic acids is 1. The third kappa shape index (κ3) is 22.6. The third-order valence-electron chi connectivity index (χ3n) is 8.97. The van der Waals surface area contributed by atoms with Crippen molar-refractivity contribution in [3.63, 3.8) is 0 Å². The van der Waals surface area contributed by atoms with Crippen LogP contribution in [-0.2, 0) is 9.53 Å². The number of carbonyl (C=O) groups is 1. The fraction of sp³-hybridized carbons (Fsp3) is 0.868. The summed E-state index contributed by atoms with van der Waals surface area (Å²) in [6.45, 7) is 21.0. The Kier molecular flexibility index (Phi) is 26.1. The van der Waals surface area contributed by atoms with E-state index in [1.165, 1.54) is 114 Å². The van der Waals surface area contributed by atoms with Crippen LogP contribution in [0.15, 0.2) is 24.3 Å². The molecule has 0 bridgehead atoms. The molecule has 0 aromatic carbocycles. The second-order valence-corrected chi connectivity index (χ2v) is 13.2. The monoisotopic (exact) mass is 561 g/mol. The normalized spacial score (nSPS) is 13.6. The second kappa shape index (κ2) is 26.8. The zero-order valence-corrected chi connectivity index (χ0v) is 28.2. The van der Waals surface area contributed by atoms with Crippen LogP contribution in [0.2, 0.25) is 0 Å². The summed E-state index contributed by atoms with van der Waals surface area (Å²) in [5, 5.41) is 0. The maximum Gasteiger partial charge on any atom is 0.308 e. The van der Waals surface area contributed by atoms with Gasteiger partial charge in [0.2, 0.25) is 0 Å². The van der Waals surface area contributed by atoms with Crippen molar-refractivity contribution in [1.82, 2.24) is 0 Å². The minimum Gasteiger partial charge on any atom is -0.465 e. The molecule has 0 radical (unpaired) electrons. The highest BCUT2D eigenvalue weighted by molar-refractivity contribution is 5.72. The standard InChI is InChI=1S/C38H72O2/c1-8-12-15-17-20-24-34(5)28-31-38(7,30-11-4)32-29-35(6)25-21-18-19-23-33-40-37(39)36(26-14-10-3)27-22-16-13-9-2/h36H,5-6,8-33H2,1-4,7H3. The van der Waals surface area contributed by atoms with Crippen molar-refractivity contribution in [3.8, 4) is 0 Å². The molecule has 2 atom stereocenters. The van der Waals surface area contributed by atoms with Crippen molar-refractivity contribution in [1.29, 1.82) is 0 Å². The Morgan fingerprint density at radius 3 is 1.57 bits per heavy atom. The highest BCUT2D eigenvalue weighted by Gasteiger charge is 2.23. The molecule has 0 spiro atoms. The molecule has 2 unspecified atom stereocenters. The van der Waals surface area contributed by atoms with E-state index >= 15 is 0 Å². The number of esters is 1. The van der Waals surface area contributed by atoms with Crippen LogP contribution >= 0.6 is 0 Å². The van der Waals surface area contributed by atoms with Gasteiger partial charge in [-0.05, 0) is 82.5 Å². The van der Waals surface area contributed by atoms with Gasteiger partial charge in [0, 0.05) is 0 Å². The summed E-state index contributed by atoms with van der Waals surface area (Å²) in [4.78, 5) is 12.6. The van der Waals surface area contributed by atoms with Gasteiger partial charge in [0.15, 0.2) is 0 Å². The smallest absolute Gasteiger partial charge is 0.308 e. The average Bonchev–Trinajstić information content (AvgIpc) is 2.94. The van der Waals surface area contributed by atoms with Crippen molar-refractivity contribution >= 4 is 5.97 Å². The summed E-state index contributed by atoms with van der Waals surface area (Å²) in [7, 11) is 0. The number of hydrogen-bond acceptors (Lipinski definition) is 2. The van der Waals surface area contributed by atoms with Gasteiger partial charge in [0.25, 0.3) is 0 Å². The van der Waals surface area contributed by atoms with Crippen molar-refractivity contribution in [2.24, 2.45) is 11.3 Å². The minimum absolute atomic E-state index is 0.0593. The Morgan fingerprint density at radius 2 is 1.05 bits per heavy atom. The van der Waals surface area contributed by atoms with Gasteiger partial charge in [-0.2, -0.15) is 0 Å². The first kappa shape index (κ1) is 39.0. The molecule has 0 rings (SSSR count). The van der Waals surface area contributed by atoms with Crippen LogP contribution in [0.25, 0.3) is 0 Å². The van der Waals surface area contributed by atoms with Gasteiger partial charge >= 0.3 is 5.97 Å². The Bertz CT molecular complexity index is 621. The molecule has 2 heteroatoms. The summed E-state index contributed by atoms with van der Waals surface area (Å²) in [6.07, 6.45) is 30.3. The molecular formula is C38H72O2. The van der Waals surface area contributed by atoms with E-state index in [1.807, 2.05) is 0 Å². The van der Waals surface area contributed by atoms with E-state index in [4.69, 9.17) is 4.74 Å². The lowest BCUT2D eigenvalue weighted by Crippen LogP contribution is -2.18. The maximum absolute atomic E-state index is 12.6. The van der Waals surface area contributed by atoms with Crippen LogP contribution in [-0.4, -0.2) is 12.6 Å². The molecule has 0 saturated carbocycles. The van der Waals surface area contributed by atoms with Gasteiger partial charge < -0.3 is 4.74 Å². The SMILES string of the molecule is C=C(CCCCCCC)CCC(C)(CCC)CCC(=C)CCCCCCOC(=O)C(CCCC)CCCCCC. The summed E-state index contributed by atoms with van der Waals surface area (Å²) in [6, 6.07) is 0. The quantitative estimate of drug-likeness (QED) is 0.0496. The van der Waals surface area contributed by atoms with Crippen molar-refractivity contribution in [3.05, 3.63) is 24.3 Å². The lowest BCUT2D eigenvalue weighted by Gasteiger charge is -2.30. The molecule has 40 heavy (non-hydrogen) atoms. The number of hydrogen-bond donors (Lipinski definition) is 0. The number of unbranched alkanes of at least 4 members (excludes halogenated alkanes) is 11. The van der Waals surface area contributed by atoms with E-state index in [9.17, 15) is 4.79 Å². The third-order valence-corrected chi connectivity index (χ3v) is 8.97. The number of allylic oxidation sites excluding steroid dienone is 2. The molecule has 0 heterocycles. The van der Waals surface area contributed by atoms with E-state index in [2.05, 4.69) is 47.8 Å². The van der Waals surface area contributed by atoms with Crippen LogP contribution in [0.4, 0.5) is 0 Å². The summed E-state index contributed by atoms with van der Waals surface area (Å²) >= 11 is 0. The first-order valence-electron chi connectivity index (χ1n) is 17.8. The topological polar surface area (TPSA) is 26.3 Å². The van der Waals surface area contributed by atoms with Crippen LogP contribution in [0, 0.1) is 11.3 Å². The molecule has 0 fully saturated rings. The van der Waals surface area contributed by atoms with E-state index in [-0.39, 0.29) is 11.9 Å². The van der Waals surface area contributed by atoms with Gasteiger partial charge in [-0.3, -0.25) is 4.79 Å². The summed E-state index contributed by atoms with van der Waals surface area (Å²) in [5.74, 6) is 0.177. The van der Waals surface area contributed by atoms with Crippen LogP contribution < -0.4 is 0 Å². The van der Waals surface area contributed by atoms with Crippen molar-refractivity contribution < 1.29 is 9.53 Å². The Balaban J connectivity index is 4.12. The average molecular weight is 561 g/mol. The van der Waals surface area contributed by atoms with Crippen LogP contribution in [0.1, 0.15) is 195 Å². The molecule has 0 saturated heterocycles. The molecule has 0 aliphatic heterocycles. The molecule has 236 valence electrons. The van der Waals surface area contributed by atoms with E-state index in [0.717, 1.165) is 57.8 Å². The zero-order valence-electron chi connectivity index (χ0n) is 28.2. The van der Waals surface area contributed by atoms with Crippen molar-refractivity contribution in [2.45, 2.75) is 195 Å². The molecule has 2 nitrogen and oxygen atoms in total. The van der Waals surface area contributed by atoms with Gasteiger partial charge in [0.1, 0.15) is 0 Å². The highest BCUT2D eigenvalue weighted by Crippen LogP contribution is 2.37. The van der Waals surface area contributed by atoms with Crippen molar-refractivity contribution in [2.75, 3.05) is 6.61 Å². The van der Waals surface area contributed by atoms with E-state index < -0.39 is 0 Å². The highest BCUT2D eigenvalue weighted by atomic mass is 16.5.